The molecule has 0 aliphatic rings. The lowest BCUT2D eigenvalue weighted by Gasteiger charge is -2.07. The first-order valence-electron chi connectivity index (χ1n) is 5.27. The van der Waals surface area contributed by atoms with Crippen molar-refractivity contribution in [3.05, 3.63) is 17.9 Å². The van der Waals surface area contributed by atoms with E-state index in [-0.39, 0.29) is 19.3 Å². The Morgan fingerprint density at radius 3 is 2.67 bits per heavy atom. The Bertz CT molecular complexity index is 504. The van der Waals surface area contributed by atoms with E-state index in [1.165, 1.54) is 0 Å². The molecule has 2 N–H and O–H groups in total. The van der Waals surface area contributed by atoms with Crippen LogP contribution < -0.4 is 4.72 Å². The van der Waals surface area contributed by atoms with Crippen LogP contribution in [0.4, 0.5) is 0 Å². The van der Waals surface area contributed by atoms with Gasteiger partial charge in [0.2, 0.25) is 10.9 Å². The van der Waals surface area contributed by atoms with Gasteiger partial charge in [0.15, 0.2) is 0 Å². The Balaban J connectivity index is 2.60. The molecule has 7 nitrogen and oxygen atoms in total. The van der Waals surface area contributed by atoms with Crippen LogP contribution in [0, 0.1) is 0 Å². The van der Waals surface area contributed by atoms with Gasteiger partial charge in [-0.05, 0) is 26.0 Å². The zero-order chi connectivity index (χ0) is 13.8. The quantitative estimate of drug-likeness (QED) is 0.710. The van der Waals surface area contributed by atoms with E-state index < -0.39 is 26.8 Å². The third-order valence-corrected chi connectivity index (χ3v) is 3.24. The summed E-state index contributed by atoms with van der Waals surface area (Å²) in [6, 6.07) is 2.18. The molecule has 0 fully saturated rings. The van der Waals surface area contributed by atoms with E-state index in [2.05, 4.69) is 4.72 Å². The minimum absolute atomic E-state index is 0.0109. The topological polar surface area (TPSA) is 106 Å². The molecule has 0 aliphatic heterocycles. The number of hydrogen-bond donors (Lipinski definition) is 2. The van der Waals surface area contributed by atoms with Crippen LogP contribution in [0.15, 0.2) is 21.6 Å². The van der Waals surface area contributed by atoms with Crippen LogP contribution in [-0.2, 0) is 14.8 Å². The summed E-state index contributed by atoms with van der Waals surface area (Å²) in [5, 5.41) is 8.18. The number of sulfonamides is 1. The molecule has 0 aromatic carbocycles. The largest absolute Gasteiger partial charge is 0.475 e. The number of ether oxygens (including phenoxy) is 1. The lowest BCUT2D eigenvalue weighted by atomic mass is 10.5. The van der Waals surface area contributed by atoms with Crippen LogP contribution in [0.1, 0.15) is 24.4 Å². The number of aromatic carboxylic acids is 1. The van der Waals surface area contributed by atoms with Crippen molar-refractivity contribution in [2.45, 2.75) is 25.0 Å². The van der Waals surface area contributed by atoms with Crippen LogP contribution in [0.5, 0.6) is 0 Å². The number of carboxylic acid groups (broad SMARTS) is 1. The summed E-state index contributed by atoms with van der Waals surface area (Å²) < 4.78 is 35.4. The SMILES string of the molecule is CC(C)OCCNS(=O)(=O)c1ccc(C(=O)O)o1. The lowest BCUT2D eigenvalue weighted by molar-refractivity contribution is 0.0656. The lowest BCUT2D eigenvalue weighted by Crippen LogP contribution is -2.28. The predicted octanol–water partition coefficient (Wildman–Crippen LogP) is 0.681. The molecule has 1 heterocycles. The predicted molar refractivity (Wildman–Crippen MR) is 61.9 cm³/mol. The fourth-order valence-electron chi connectivity index (χ4n) is 1.12. The molecule has 0 unspecified atom stereocenters. The van der Waals surface area contributed by atoms with Crippen LogP contribution in [0.2, 0.25) is 0 Å². The van der Waals surface area contributed by atoms with Gasteiger partial charge < -0.3 is 14.3 Å². The van der Waals surface area contributed by atoms with Crippen molar-refractivity contribution in [3.8, 4) is 0 Å². The Morgan fingerprint density at radius 2 is 2.17 bits per heavy atom. The molecule has 18 heavy (non-hydrogen) atoms. The van der Waals surface area contributed by atoms with Crippen LogP contribution in [0.3, 0.4) is 0 Å². The van der Waals surface area contributed by atoms with Gasteiger partial charge in [0.05, 0.1) is 12.7 Å². The number of hydrogen-bond acceptors (Lipinski definition) is 5. The van der Waals surface area contributed by atoms with E-state index >= 15 is 0 Å². The number of rotatable bonds is 7. The second-order valence-electron chi connectivity index (χ2n) is 3.74. The molecular formula is C10H15NO6S. The second kappa shape index (κ2) is 5.98. The van der Waals surface area contributed by atoms with Gasteiger partial charge in [-0.25, -0.2) is 17.9 Å². The smallest absolute Gasteiger partial charge is 0.371 e. The summed E-state index contributed by atoms with van der Waals surface area (Å²) in [7, 11) is -3.83. The monoisotopic (exact) mass is 277 g/mol. The fraction of sp³-hybridized carbons (Fsp3) is 0.500. The summed E-state index contributed by atoms with van der Waals surface area (Å²) in [5.74, 6) is -1.74. The van der Waals surface area contributed by atoms with Gasteiger partial charge in [0.25, 0.3) is 10.0 Å². The maximum Gasteiger partial charge on any atom is 0.371 e. The van der Waals surface area contributed by atoms with Crippen molar-refractivity contribution in [2.24, 2.45) is 0 Å². The molecule has 102 valence electrons. The van der Waals surface area contributed by atoms with Gasteiger partial charge in [-0.1, -0.05) is 0 Å². The number of nitrogens with one attached hydrogen (secondary N) is 1. The Morgan fingerprint density at radius 1 is 1.50 bits per heavy atom. The summed E-state index contributed by atoms with van der Waals surface area (Å²) in [4.78, 5) is 10.5. The van der Waals surface area contributed by atoms with E-state index in [4.69, 9.17) is 14.3 Å². The van der Waals surface area contributed by atoms with Crippen molar-refractivity contribution in [2.75, 3.05) is 13.2 Å². The van der Waals surface area contributed by atoms with E-state index in [0.717, 1.165) is 12.1 Å². The van der Waals surface area contributed by atoms with Gasteiger partial charge in [-0.15, -0.1) is 0 Å². The number of furan rings is 1. The normalized spacial score (nSPS) is 11.9. The summed E-state index contributed by atoms with van der Waals surface area (Å²) in [5.41, 5.74) is 0. The van der Waals surface area contributed by atoms with Crippen molar-refractivity contribution in [1.82, 2.24) is 4.72 Å². The molecule has 1 aromatic heterocycles. The highest BCUT2D eigenvalue weighted by Crippen LogP contribution is 2.13. The van der Waals surface area contributed by atoms with E-state index in [0.29, 0.717) is 0 Å². The highest BCUT2D eigenvalue weighted by atomic mass is 32.2. The zero-order valence-electron chi connectivity index (χ0n) is 10.0. The molecule has 0 bridgehead atoms. The van der Waals surface area contributed by atoms with E-state index in [9.17, 15) is 13.2 Å². The molecule has 8 heteroatoms. The van der Waals surface area contributed by atoms with Crippen LogP contribution in [0.25, 0.3) is 0 Å². The summed E-state index contributed by atoms with van der Waals surface area (Å²) >= 11 is 0. The van der Waals surface area contributed by atoms with Crippen molar-refractivity contribution in [1.29, 1.82) is 0 Å². The molecule has 0 aliphatic carbocycles. The average molecular weight is 277 g/mol. The molecule has 0 radical (unpaired) electrons. The fourth-order valence-corrected chi connectivity index (χ4v) is 2.06. The van der Waals surface area contributed by atoms with Crippen molar-refractivity contribution in [3.63, 3.8) is 0 Å². The number of carbonyl (C=O) groups is 1. The third-order valence-electron chi connectivity index (χ3n) is 1.90. The first-order valence-corrected chi connectivity index (χ1v) is 6.75. The van der Waals surface area contributed by atoms with E-state index in [1.54, 1.807) is 0 Å². The maximum atomic E-state index is 11.7. The Kier molecular flexibility index (Phi) is 4.88. The molecule has 0 spiro atoms. The van der Waals surface area contributed by atoms with Gasteiger partial charge in [-0.2, -0.15) is 0 Å². The highest BCUT2D eigenvalue weighted by Gasteiger charge is 2.20. The molecule has 0 atom stereocenters. The van der Waals surface area contributed by atoms with Crippen LogP contribution in [-0.4, -0.2) is 38.7 Å². The Labute approximate surface area is 105 Å². The molecule has 0 saturated heterocycles. The first-order chi connectivity index (χ1) is 8.33. The van der Waals surface area contributed by atoms with Gasteiger partial charge >= 0.3 is 5.97 Å². The van der Waals surface area contributed by atoms with Gasteiger partial charge in [0.1, 0.15) is 0 Å². The standard InChI is InChI=1S/C10H15NO6S/c1-7(2)16-6-5-11-18(14,15)9-4-3-8(17-9)10(12)13/h3-4,7,11H,5-6H2,1-2H3,(H,12,13). The third kappa shape index (κ3) is 4.13. The number of carboxylic acids is 1. The first kappa shape index (κ1) is 14.7. The molecule has 0 amide bonds. The maximum absolute atomic E-state index is 11.7. The minimum atomic E-state index is -3.83. The van der Waals surface area contributed by atoms with E-state index in [1.807, 2.05) is 13.8 Å². The molecule has 0 saturated carbocycles. The Hall–Kier alpha value is -1.38. The zero-order valence-corrected chi connectivity index (χ0v) is 10.9. The van der Waals surface area contributed by atoms with Gasteiger partial charge in [0, 0.05) is 6.54 Å². The second-order valence-corrected chi connectivity index (χ2v) is 5.44. The van der Waals surface area contributed by atoms with Gasteiger partial charge in [-0.3, -0.25) is 0 Å². The van der Waals surface area contributed by atoms with Crippen molar-refractivity contribution < 1.29 is 27.5 Å². The van der Waals surface area contributed by atoms with Crippen molar-refractivity contribution >= 4 is 16.0 Å². The van der Waals surface area contributed by atoms with Crippen LogP contribution >= 0.6 is 0 Å². The average Bonchev–Trinajstić information content (AvgIpc) is 2.74. The minimum Gasteiger partial charge on any atom is -0.475 e. The molecular weight excluding hydrogens is 262 g/mol. The summed E-state index contributed by atoms with van der Waals surface area (Å²) in [6.45, 7) is 3.98. The molecule has 1 rings (SSSR count). The summed E-state index contributed by atoms with van der Waals surface area (Å²) in [6.07, 6.45) is 0.0109. The molecule has 1 aromatic rings. The highest BCUT2D eigenvalue weighted by molar-refractivity contribution is 7.89.